The molecule has 0 spiro atoms. The molecule has 3 rings (SSSR count). The molecule has 2 aromatic carbocycles. The molecule has 1 amide bonds. The highest BCUT2D eigenvalue weighted by atomic mass is 32.1. The SMILES string of the molecule is CCCc1sc(=NC(=O)c2cccc(F)c2)n(CC)c1-c1ccccc1. The van der Waals surface area contributed by atoms with Crippen molar-refractivity contribution < 1.29 is 9.18 Å². The van der Waals surface area contributed by atoms with Crippen LogP contribution in [0.4, 0.5) is 4.39 Å². The number of hydrogen-bond donors (Lipinski definition) is 0. The molecule has 0 aliphatic carbocycles. The molecule has 1 heterocycles. The van der Waals surface area contributed by atoms with Gasteiger partial charge in [0, 0.05) is 17.0 Å². The standard InChI is InChI=1S/C21H21FN2OS/c1-3-9-18-19(15-10-6-5-7-11-15)24(4-2)21(26-18)23-20(25)16-12-8-13-17(22)14-16/h5-8,10-14H,3-4,9H2,1-2H3. The molecule has 3 aromatic rings. The van der Waals surface area contributed by atoms with Crippen molar-refractivity contribution in [2.24, 2.45) is 4.99 Å². The predicted octanol–water partition coefficient (Wildman–Crippen LogP) is 5.07. The van der Waals surface area contributed by atoms with Crippen LogP contribution in [0.3, 0.4) is 0 Å². The predicted molar refractivity (Wildman–Crippen MR) is 104 cm³/mol. The van der Waals surface area contributed by atoms with Gasteiger partial charge in [-0.1, -0.05) is 49.7 Å². The van der Waals surface area contributed by atoms with Crippen molar-refractivity contribution in [3.63, 3.8) is 0 Å². The average molecular weight is 368 g/mol. The minimum Gasteiger partial charge on any atom is -0.316 e. The van der Waals surface area contributed by atoms with Crippen molar-refractivity contribution in [3.05, 3.63) is 75.7 Å². The van der Waals surface area contributed by atoms with Gasteiger partial charge < -0.3 is 4.57 Å². The van der Waals surface area contributed by atoms with Gasteiger partial charge in [0.2, 0.25) is 0 Å². The Balaban J connectivity index is 2.14. The van der Waals surface area contributed by atoms with E-state index in [0.717, 1.165) is 24.1 Å². The number of nitrogens with zero attached hydrogens (tertiary/aromatic N) is 2. The van der Waals surface area contributed by atoms with E-state index in [2.05, 4.69) is 28.6 Å². The molecule has 0 aliphatic rings. The summed E-state index contributed by atoms with van der Waals surface area (Å²) in [6.45, 7) is 4.89. The van der Waals surface area contributed by atoms with E-state index in [1.807, 2.05) is 25.1 Å². The monoisotopic (exact) mass is 368 g/mol. The van der Waals surface area contributed by atoms with Gasteiger partial charge >= 0.3 is 0 Å². The summed E-state index contributed by atoms with van der Waals surface area (Å²) in [5, 5.41) is 0. The molecule has 0 saturated heterocycles. The van der Waals surface area contributed by atoms with Crippen LogP contribution in [0.15, 0.2) is 59.6 Å². The zero-order valence-electron chi connectivity index (χ0n) is 14.9. The largest absolute Gasteiger partial charge is 0.316 e. The lowest BCUT2D eigenvalue weighted by Crippen LogP contribution is -2.17. The molecular weight excluding hydrogens is 347 g/mol. The van der Waals surface area contributed by atoms with Crippen molar-refractivity contribution in [1.29, 1.82) is 0 Å². The van der Waals surface area contributed by atoms with E-state index < -0.39 is 11.7 Å². The van der Waals surface area contributed by atoms with Gasteiger partial charge in [0.05, 0.1) is 5.69 Å². The van der Waals surface area contributed by atoms with Crippen LogP contribution in [0.5, 0.6) is 0 Å². The first-order valence-electron chi connectivity index (χ1n) is 8.76. The van der Waals surface area contributed by atoms with Gasteiger partial charge in [0.25, 0.3) is 5.91 Å². The molecule has 0 atom stereocenters. The summed E-state index contributed by atoms with van der Waals surface area (Å²) in [6, 6.07) is 15.8. The molecule has 26 heavy (non-hydrogen) atoms. The summed E-state index contributed by atoms with van der Waals surface area (Å²) in [7, 11) is 0. The lowest BCUT2D eigenvalue weighted by Gasteiger charge is -2.08. The molecule has 134 valence electrons. The number of hydrogen-bond acceptors (Lipinski definition) is 2. The molecule has 0 fully saturated rings. The number of carbonyl (C=O) groups excluding carboxylic acids is 1. The quantitative estimate of drug-likeness (QED) is 0.619. The Bertz CT molecular complexity index is 973. The molecule has 0 saturated carbocycles. The van der Waals surface area contributed by atoms with E-state index in [0.29, 0.717) is 11.3 Å². The summed E-state index contributed by atoms with van der Waals surface area (Å²) >= 11 is 1.54. The second kappa shape index (κ2) is 8.23. The van der Waals surface area contributed by atoms with Crippen LogP contribution in [-0.2, 0) is 13.0 Å². The zero-order valence-corrected chi connectivity index (χ0v) is 15.7. The van der Waals surface area contributed by atoms with Crippen molar-refractivity contribution in [2.45, 2.75) is 33.2 Å². The minimum atomic E-state index is -0.433. The molecule has 5 heteroatoms. The molecule has 3 nitrogen and oxygen atoms in total. The molecule has 0 radical (unpaired) electrons. The zero-order chi connectivity index (χ0) is 18.5. The first kappa shape index (κ1) is 18.3. The highest BCUT2D eigenvalue weighted by molar-refractivity contribution is 7.09. The maximum Gasteiger partial charge on any atom is 0.279 e. The third kappa shape index (κ3) is 3.83. The second-order valence-corrected chi connectivity index (χ2v) is 7.01. The van der Waals surface area contributed by atoms with Gasteiger partial charge in [0.1, 0.15) is 5.82 Å². The first-order valence-corrected chi connectivity index (χ1v) is 9.58. The van der Waals surface area contributed by atoms with Crippen LogP contribution in [0.1, 0.15) is 35.5 Å². The van der Waals surface area contributed by atoms with Crippen LogP contribution >= 0.6 is 11.3 Å². The van der Waals surface area contributed by atoms with E-state index >= 15 is 0 Å². The van der Waals surface area contributed by atoms with E-state index in [1.165, 1.54) is 34.4 Å². The maximum absolute atomic E-state index is 13.4. The van der Waals surface area contributed by atoms with Crippen molar-refractivity contribution in [1.82, 2.24) is 4.57 Å². The smallest absolute Gasteiger partial charge is 0.279 e. The minimum absolute atomic E-state index is 0.263. The van der Waals surface area contributed by atoms with Crippen LogP contribution < -0.4 is 4.80 Å². The number of carbonyl (C=O) groups is 1. The summed E-state index contributed by atoms with van der Waals surface area (Å²) in [6.07, 6.45) is 1.94. The topological polar surface area (TPSA) is 34.4 Å². The molecular formula is C21H21FN2OS. The molecule has 0 bridgehead atoms. The molecule has 0 N–H and O–H groups in total. The third-order valence-electron chi connectivity index (χ3n) is 4.09. The Morgan fingerprint density at radius 2 is 1.88 bits per heavy atom. The van der Waals surface area contributed by atoms with Crippen LogP contribution in [0, 0.1) is 5.82 Å². The van der Waals surface area contributed by atoms with Crippen molar-refractivity contribution >= 4 is 17.2 Å². The summed E-state index contributed by atoms with van der Waals surface area (Å²) in [5.74, 6) is -0.854. The average Bonchev–Trinajstić information content (AvgIpc) is 2.99. The molecule has 1 aromatic heterocycles. The fraction of sp³-hybridized carbons (Fsp3) is 0.238. The number of halogens is 1. The first-order chi connectivity index (χ1) is 12.6. The second-order valence-electron chi connectivity index (χ2n) is 5.94. The third-order valence-corrected chi connectivity index (χ3v) is 5.23. The van der Waals surface area contributed by atoms with Gasteiger partial charge in [0.15, 0.2) is 4.80 Å². The van der Waals surface area contributed by atoms with E-state index in [9.17, 15) is 9.18 Å². The van der Waals surface area contributed by atoms with Crippen molar-refractivity contribution in [2.75, 3.05) is 0 Å². The number of amides is 1. The van der Waals surface area contributed by atoms with Crippen molar-refractivity contribution in [3.8, 4) is 11.3 Å². The van der Waals surface area contributed by atoms with Gasteiger partial charge in [-0.15, -0.1) is 11.3 Å². The summed E-state index contributed by atoms with van der Waals surface area (Å²) in [4.78, 5) is 18.7. The number of benzene rings is 2. The summed E-state index contributed by atoms with van der Waals surface area (Å²) in [5.41, 5.74) is 2.50. The Labute approximate surface area is 156 Å². The maximum atomic E-state index is 13.4. The van der Waals surface area contributed by atoms with Crippen LogP contribution in [-0.4, -0.2) is 10.5 Å². The highest BCUT2D eigenvalue weighted by Gasteiger charge is 2.15. The van der Waals surface area contributed by atoms with Gasteiger partial charge in [-0.3, -0.25) is 4.79 Å². The van der Waals surface area contributed by atoms with Gasteiger partial charge in [-0.25, -0.2) is 4.39 Å². The Kier molecular flexibility index (Phi) is 5.78. The number of rotatable bonds is 5. The number of aryl methyl sites for hydroxylation is 1. The Morgan fingerprint density at radius 3 is 2.54 bits per heavy atom. The summed E-state index contributed by atoms with van der Waals surface area (Å²) < 4.78 is 15.5. The number of thiazole rings is 1. The van der Waals surface area contributed by atoms with E-state index in [1.54, 1.807) is 6.07 Å². The highest BCUT2D eigenvalue weighted by Crippen LogP contribution is 2.27. The molecule has 0 unspecified atom stereocenters. The lowest BCUT2D eigenvalue weighted by atomic mass is 10.1. The lowest BCUT2D eigenvalue weighted by molar-refractivity contribution is 0.0997. The van der Waals surface area contributed by atoms with E-state index in [4.69, 9.17) is 0 Å². The number of aromatic nitrogens is 1. The van der Waals surface area contributed by atoms with Gasteiger partial charge in [-0.05, 0) is 37.1 Å². The van der Waals surface area contributed by atoms with Crippen LogP contribution in [0.2, 0.25) is 0 Å². The van der Waals surface area contributed by atoms with Gasteiger partial charge in [-0.2, -0.15) is 4.99 Å². The Hall–Kier alpha value is -2.53. The Morgan fingerprint density at radius 1 is 1.12 bits per heavy atom. The van der Waals surface area contributed by atoms with Crippen LogP contribution in [0.25, 0.3) is 11.3 Å². The van der Waals surface area contributed by atoms with E-state index in [-0.39, 0.29) is 5.56 Å². The fourth-order valence-corrected chi connectivity index (χ4v) is 4.23. The normalized spacial score (nSPS) is 11.7. The fourth-order valence-electron chi connectivity index (χ4n) is 2.92. The molecule has 0 aliphatic heterocycles.